The summed E-state index contributed by atoms with van der Waals surface area (Å²) in [6.45, 7) is 8.24. The highest BCUT2D eigenvalue weighted by Gasteiger charge is 2.64. The van der Waals surface area contributed by atoms with E-state index in [9.17, 15) is 14.7 Å². The van der Waals surface area contributed by atoms with Crippen molar-refractivity contribution in [2.24, 2.45) is 46.3 Å². The molecule has 0 aromatic rings. The van der Waals surface area contributed by atoms with Gasteiger partial charge in [0.05, 0.1) is 19.1 Å². The molecule has 10 atom stereocenters. The molecule has 1 N–H and O–H groups in total. The zero-order valence-corrected chi connectivity index (χ0v) is 19.4. The fraction of sp³-hybridized carbons (Fsp3) is 0.920. The first kappa shape index (κ1) is 22.1. The molecule has 4 saturated carbocycles. The van der Waals surface area contributed by atoms with Gasteiger partial charge in [-0.1, -0.05) is 20.8 Å². The lowest BCUT2D eigenvalue weighted by Crippen LogP contribution is -2.59. The van der Waals surface area contributed by atoms with E-state index in [-0.39, 0.29) is 46.8 Å². The minimum Gasteiger partial charge on any atom is -0.469 e. The molecule has 4 rings (SSSR count). The molecule has 0 spiro atoms. The van der Waals surface area contributed by atoms with E-state index in [0.717, 1.165) is 51.4 Å². The molecule has 0 aromatic carbocycles. The van der Waals surface area contributed by atoms with E-state index in [1.807, 2.05) is 6.92 Å². The number of carbonyl (C=O) groups is 2. The first-order chi connectivity index (χ1) is 14.1. The molecule has 0 heterocycles. The molecule has 0 radical (unpaired) electrons. The van der Waals surface area contributed by atoms with Crippen LogP contribution >= 0.6 is 0 Å². The third kappa shape index (κ3) is 3.30. The Hall–Kier alpha value is -1.10. The second-order valence-corrected chi connectivity index (χ2v) is 11.4. The van der Waals surface area contributed by atoms with Gasteiger partial charge in [-0.2, -0.15) is 0 Å². The SMILES string of the molecule is COC(=O)[C@H](C)[C@@H]1CC[C@@H]2[C@@H]3CC[C@@H]4C[C@H](OC(C)=O)CC[C@]4(C)[C@@H]3[C@@H](O)C[C@@]21C. The lowest BCUT2D eigenvalue weighted by molar-refractivity contribution is -0.187. The van der Waals surface area contributed by atoms with Crippen LogP contribution in [0.5, 0.6) is 0 Å². The molecule has 0 saturated heterocycles. The van der Waals surface area contributed by atoms with Crippen molar-refractivity contribution < 1.29 is 24.2 Å². The minimum absolute atomic E-state index is 0.00628. The molecule has 0 amide bonds. The van der Waals surface area contributed by atoms with Crippen molar-refractivity contribution >= 4 is 11.9 Å². The van der Waals surface area contributed by atoms with Crippen molar-refractivity contribution in [2.75, 3.05) is 7.11 Å². The maximum Gasteiger partial charge on any atom is 0.308 e. The molecule has 30 heavy (non-hydrogen) atoms. The molecule has 0 bridgehead atoms. The number of methoxy groups -OCH3 is 1. The Morgan fingerprint density at radius 1 is 1.07 bits per heavy atom. The zero-order chi connectivity index (χ0) is 21.8. The lowest BCUT2D eigenvalue weighted by atomic mass is 9.43. The van der Waals surface area contributed by atoms with Gasteiger partial charge >= 0.3 is 11.9 Å². The third-order valence-electron chi connectivity index (χ3n) is 10.1. The van der Waals surface area contributed by atoms with Crippen LogP contribution in [-0.4, -0.2) is 36.4 Å². The molecule has 4 aliphatic carbocycles. The lowest BCUT2D eigenvalue weighted by Gasteiger charge is -2.62. The van der Waals surface area contributed by atoms with E-state index in [2.05, 4.69) is 13.8 Å². The van der Waals surface area contributed by atoms with Gasteiger partial charge in [0.1, 0.15) is 6.10 Å². The highest BCUT2D eigenvalue weighted by Crippen LogP contribution is 2.68. The van der Waals surface area contributed by atoms with E-state index in [1.54, 1.807) is 0 Å². The van der Waals surface area contributed by atoms with Crippen LogP contribution in [0, 0.1) is 46.3 Å². The van der Waals surface area contributed by atoms with E-state index < -0.39 is 0 Å². The van der Waals surface area contributed by atoms with Gasteiger partial charge in [0.25, 0.3) is 0 Å². The molecule has 4 fully saturated rings. The van der Waals surface area contributed by atoms with Crippen molar-refractivity contribution in [1.82, 2.24) is 0 Å². The van der Waals surface area contributed by atoms with Gasteiger partial charge in [0.2, 0.25) is 0 Å². The molecule has 0 unspecified atom stereocenters. The number of ether oxygens (including phenoxy) is 2. The number of rotatable bonds is 3. The Morgan fingerprint density at radius 3 is 2.47 bits per heavy atom. The maximum atomic E-state index is 12.3. The summed E-state index contributed by atoms with van der Waals surface area (Å²) in [5.41, 5.74) is 0.124. The van der Waals surface area contributed by atoms with Crippen molar-refractivity contribution in [1.29, 1.82) is 0 Å². The van der Waals surface area contributed by atoms with Crippen LogP contribution in [0.1, 0.15) is 79.1 Å². The van der Waals surface area contributed by atoms with Gasteiger partial charge in [-0.15, -0.1) is 0 Å². The Bertz CT molecular complexity index is 691. The Kier molecular flexibility index (Phi) is 5.74. The molecule has 4 aliphatic rings. The molecule has 170 valence electrons. The predicted octanol–water partition coefficient (Wildman–Crippen LogP) is 4.36. The fourth-order valence-corrected chi connectivity index (χ4v) is 8.90. The maximum absolute atomic E-state index is 12.3. The number of hydrogen-bond donors (Lipinski definition) is 1. The van der Waals surface area contributed by atoms with Crippen LogP contribution in [0.2, 0.25) is 0 Å². The predicted molar refractivity (Wildman–Crippen MR) is 113 cm³/mol. The smallest absolute Gasteiger partial charge is 0.308 e. The van der Waals surface area contributed by atoms with Gasteiger partial charge in [-0.25, -0.2) is 0 Å². The zero-order valence-electron chi connectivity index (χ0n) is 19.4. The molecular formula is C25H40O5. The van der Waals surface area contributed by atoms with Gasteiger partial charge in [0, 0.05) is 6.92 Å². The summed E-state index contributed by atoms with van der Waals surface area (Å²) in [5.74, 6) is 1.82. The van der Waals surface area contributed by atoms with Crippen LogP contribution < -0.4 is 0 Å². The second-order valence-electron chi connectivity index (χ2n) is 11.4. The summed E-state index contributed by atoms with van der Waals surface area (Å²) < 4.78 is 10.6. The largest absolute Gasteiger partial charge is 0.469 e. The highest BCUT2D eigenvalue weighted by molar-refractivity contribution is 5.72. The first-order valence-corrected chi connectivity index (χ1v) is 12.0. The van der Waals surface area contributed by atoms with Crippen LogP contribution in [0.3, 0.4) is 0 Å². The molecule has 5 nitrogen and oxygen atoms in total. The van der Waals surface area contributed by atoms with Gasteiger partial charge in [-0.05, 0) is 91.8 Å². The Labute approximate surface area is 181 Å². The average molecular weight is 421 g/mol. The van der Waals surface area contributed by atoms with Crippen LogP contribution in [-0.2, 0) is 19.1 Å². The van der Waals surface area contributed by atoms with Crippen LogP contribution in [0.15, 0.2) is 0 Å². The minimum atomic E-state index is -0.320. The summed E-state index contributed by atoms with van der Waals surface area (Å²) in [6, 6.07) is 0. The second kappa shape index (κ2) is 7.79. The number of fused-ring (bicyclic) bond motifs is 5. The molecule has 0 aliphatic heterocycles. The fourth-order valence-electron chi connectivity index (χ4n) is 8.90. The average Bonchev–Trinajstić information content (AvgIpc) is 3.02. The normalized spacial score (nSPS) is 48.7. The Morgan fingerprint density at radius 2 is 1.80 bits per heavy atom. The van der Waals surface area contributed by atoms with Crippen molar-refractivity contribution in [2.45, 2.75) is 91.3 Å². The van der Waals surface area contributed by atoms with Crippen molar-refractivity contribution in [3.63, 3.8) is 0 Å². The summed E-state index contributed by atoms with van der Waals surface area (Å²) in [6.07, 6.45) is 7.91. The number of esters is 2. The van der Waals surface area contributed by atoms with Crippen LogP contribution in [0.25, 0.3) is 0 Å². The van der Waals surface area contributed by atoms with Crippen LogP contribution in [0.4, 0.5) is 0 Å². The highest BCUT2D eigenvalue weighted by atomic mass is 16.5. The van der Waals surface area contributed by atoms with Gasteiger partial charge in [-0.3, -0.25) is 9.59 Å². The quantitative estimate of drug-likeness (QED) is 0.687. The summed E-state index contributed by atoms with van der Waals surface area (Å²) in [4.78, 5) is 23.8. The van der Waals surface area contributed by atoms with E-state index >= 15 is 0 Å². The third-order valence-corrected chi connectivity index (χ3v) is 10.1. The summed E-state index contributed by atoms with van der Waals surface area (Å²) >= 11 is 0. The van der Waals surface area contributed by atoms with Crippen molar-refractivity contribution in [3.05, 3.63) is 0 Å². The van der Waals surface area contributed by atoms with E-state index in [4.69, 9.17) is 9.47 Å². The topological polar surface area (TPSA) is 72.8 Å². The van der Waals surface area contributed by atoms with E-state index in [0.29, 0.717) is 23.7 Å². The monoisotopic (exact) mass is 420 g/mol. The molecule has 0 aromatic heterocycles. The number of aliphatic hydroxyl groups excluding tert-OH is 1. The standard InChI is InChI=1S/C25H40O5/c1-14(23(28)29-5)19-8-9-20-18-7-6-16-12-17(30-15(2)26)10-11-24(16,3)22(18)21(27)13-25(19,20)4/h14,16-22,27H,6-13H2,1-5H3/t14-,16-,17-,18+,19+,20-,21+,22+,24+,25-/m1/s1. The number of hydrogen-bond acceptors (Lipinski definition) is 5. The van der Waals surface area contributed by atoms with Gasteiger partial charge < -0.3 is 14.6 Å². The molecule has 5 heteroatoms. The van der Waals surface area contributed by atoms with Crippen molar-refractivity contribution in [3.8, 4) is 0 Å². The summed E-state index contributed by atoms with van der Waals surface area (Å²) in [5, 5.41) is 11.5. The van der Waals surface area contributed by atoms with Gasteiger partial charge in [0.15, 0.2) is 0 Å². The first-order valence-electron chi connectivity index (χ1n) is 12.0. The number of aliphatic hydroxyl groups is 1. The summed E-state index contributed by atoms with van der Waals surface area (Å²) in [7, 11) is 1.48. The number of carbonyl (C=O) groups excluding carboxylic acids is 2. The Balaban J connectivity index is 1.56. The molecular weight excluding hydrogens is 380 g/mol. The van der Waals surface area contributed by atoms with E-state index in [1.165, 1.54) is 14.0 Å².